The number of hydrogen-bond acceptors (Lipinski definition) is 3. The van der Waals surface area contributed by atoms with Gasteiger partial charge in [0.2, 0.25) is 0 Å². The van der Waals surface area contributed by atoms with E-state index in [1.54, 1.807) is 0 Å². The molecule has 0 amide bonds. The first-order valence-electron chi connectivity index (χ1n) is 6.54. The number of hydrogen-bond donors (Lipinski definition) is 1. The van der Waals surface area contributed by atoms with Crippen LogP contribution in [-0.2, 0) is 13.5 Å². The van der Waals surface area contributed by atoms with E-state index in [1.165, 1.54) is 17.7 Å². The maximum atomic E-state index is 4.35. The Morgan fingerprint density at radius 3 is 3.00 bits per heavy atom. The quantitative estimate of drug-likeness (QED) is 0.831. The number of imidazole rings is 1. The largest absolute Gasteiger partial charge is 0.338 e. The molecule has 2 aromatic rings. The Bertz CT molecular complexity index is 447. The van der Waals surface area contributed by atoms with Crippen LogP contribution >= 0.6 is 11.3 Å². The molecule has 0 radical (unpaired) electrons. The monoisotopic (exact) mass is 263 g/mol. The van der Waals surface area contributed by atoms with Gasteiger partial charge in [-0.15, -0.1) is 11.3 Å². The average molecular weight is 263 g/mol. The normalized spacial score (nSPS) is 12.8. The van der Waals surface area contributed by atoms with Gasteiger partial charge in [-0.3, -0.25) is 0 Å². The summed E-state index contributed by atoms with van der Waals surface area (Å²) in [5.74, 6) is 1.14. The number of rotatable bonds is 7. The molecular weight excluding hydrogens is 242 g/mol. The summed E-state index contributed by atoms with van der Waals surface area (Å²) in [4.78, 5) is 5.79. The lowest BCUT2D eigenvalue weighted by Gasteiger charge is -2.16. The van der Waals surface area contributed by atoms with E-state index in [0.29, 0.717) is 6.04 Å². The molecule has 2 aromatic heterocycles. The minimum absolute atomic E-state index is 0.496. The number of nitrogens with one attached hydrogen (secondary N) is 1. The fourth-order valence-electron chi connectivity index (χ4n) is 2.12. The molecule has 1 unspecified atom stereocenters. The Hall–Kier alpha value is -1.13. The number of nitrogens with zero attached hydrogens (tertiary/aromatic N) is 2. The summed E-state index contributed by atoms with van der Waals surface area (Å²) < 4.78 is 2.08. The molecular formula is C14H21N3S. The van der Waals surface area contributed by atoms with Crippen molar-refractivity contribution in [3.63, 3.8) is 0 Å². The van der Waals surface area contributed by atoms with Gasteiger partial charge in [-0.25, -0.2) is 4.98 Å². The van der Waals surface area contributed by atoms with Crippen LogP contribution in [0.3, 0.4) is 0 Å². The maximum absolute atomic E-state index is 4.35. The summed E-state index contributed by atoms with van der Waals surface area (Å²) in [7, 11) is 2.05. The second-order valence-corrected chi connectivity index (χ2v) is 5.49. The van der Waals surface area contributed by atoms with Crippen molar-refractivity contribution in [3.05, 3.63) is 40.6 Å². The number of aromatic nitrogens is 2. The van der Waals surface area contributed by atoms with Crippen molar-refractivity contribution in [2.75, 3.05) is 6.54 Å². The summed E-state index contributed by atoms with van der Waals surface area (Å²) in [6, 6.07) is 4.84. The van der Waals surface area contributed by atoms with E-state index < -0.39 is 0 Å². The Balaban J connectivity index is 1.85. The third-order valence-electron chi connectivity index (χ3n) is 3.12. The summed E-state index contributed by atoms with van der Waals surface area (Å²) in [5, 5.41) is 5.80. The number of thiophene rings is 1. The molecule has 0 aromatic carbocycles. The Kier molecular flexibility index (Phi) is 4.96. The molecule has 0 spiro atoms. The van der Waals surface area contributed by atoms with Crippen LogP contribution in [0.1, 0.15) is 36.5 Å². The molecule has 2 rings (SSSR count). The standard InChI is InChI=1S/C14H21N3S/c1-3-5-12(13-6-4-11-18-13)15-8-7-14-16-9-10-17(14)2/h4,6,9-12,15H,3,5,7-8H2,1-2H3. The predicted molar refractivity (Wildman–Crippen MR) is 76.9 cm³/mol. The first-order chi connectivity index (χ1) is 8.81. The molecule has 0 bridgehead atoms. The highest BCUT2D eigenvalue weighted by atomic mass is 32.1. The third kappa shape index (κ3) is 3.43. The average Bonchev–Trinajstić information content (AvgIpc) is 3.00. The minimum atomic E-state index is 0.496. The summed E-state index contributed by atoms with van der Waals surface area (Å²) in [5.41, 5.74) is 0. The molecule has 4 heteroatoms. The molecule has 0 fully saturated rings. The zero-order valence-corrected chi connectivity index (χ0v) is 11.9. The van der Waals surface area contributed by atoms with Crippen molar-refractivity contribution >= 4 is 11.3 Å². The van der Waals surface area contributed by atoms with Crippen LogP contribution in [0.25, 0.3) is 0 Å². The molecule has 1 atom stereocenters. The van der Waals surface area contributed by atoms with E-state index in [4.69, 9.17) is 0 Å². The zero-order valence-electron chi connectivity index (χ0n) is 11.1. The molecule has 0 aliphatic rings. The molecule has 1 N–H and O–H groups in total. The van der Waals surface area contributed by atoms with Gasteiger partial charge in [-0.2, -0.15) is 0 Å². The highest BCUT2D eigenvalue weighted by Crippen LogP contribution is 2.22. The first kappa shape index (κ1) is 13.3. The fraction of sp³-hybridized carbons (Fsp3) is 0.500. The van der Waals surface area contributed by atoms with Crippen molar-refractivity contribution in [3.8, 4) is 0 Å². The van der Waals surface area contributed by atoms with Gasteiger partial charge < -0.3 is 9.88 Å². The Morgan fingerprint density at radius 2 is 2.39 bits per heavy atom. The van der Waals surface area contributed by atoms with Gasteiger partial charge in [-0.1, -0.05) is 19.4 Å². The van der Waals surface area contributed by atoms with Crippen LogP contribution in [0.5, 0.6) is 0 Å². The van der Waals surface area contributed by atoms with Crippen LogP contribution in [0.15, 0.2) is 29.9 Å². The second-order valence-electron chi connectivity index (χ2n) is 4.52. The van der Waals surface area contributed by atoms with Gasteiger partial charge in [0.05, 0.1) is 0 Å². The smallest absolute Gasteiger partial charge is 0.109 e. The van der Waals surface area contributed by atoms with E-state index in [1.807, 2.05) is 30.8 Å². The van der Waals surface area contributed by atoms with Crippen molar-refractivity contribution < 1.29 is 0 Å². The Labute approximate surface area is 113 Å². The SMILES string of the molecule is CCCC(NCCc1nccn1C)c1cccs1. The molecule has 98 valence electrons. The first-order valence-corrected chi connectivity index (χ1v) is 7.42. The van der Waals surface area contributed by atoms with Crippen LogP contribution in [0, 0.1) is 0 Å². The van der Waals surface area contributed by atoms with Crippen LogP contribution in [0.2, 0.25) is 0 Å². The van der Waals surface area contributed by atoms with Gasteiger partial charge >= 0.3 is 0 Å². The molecule has 0 aliphatic carbocycles. The molecule has 0 saturated carbocycles. The van der Waals surface area contributed by atoms with Crippen LogP contribution < -0.4 is 5.32 Å². The maximum Gasteiger partial charge on any atom is 0.109 e. The van der Waals surface area contributed by atoms with E-state index in [0.717, 1.165) is 18.8 Å². The van der Waals surface area contributed by atoms with Gasteiger partial charge in [0.15, 0.2) is 0 Å². The van der Waals surface area contributed by atoms with Crippen LogP contribution in [-0.4, -0.2) is 16.1 Å². The zero-order chi connectivity index (χ0) is 12.8. The molecule has 0 saturated heterocycles. The van der Waals surface area contributed by atoms with Gasteiger partial charge in [0.1, 0.15) is 5.82 Å². The number of aryl methyl sites for hydroxylation is 1. The van der Waals surface area contributed by atoms with Gasteiger partial charge in [-0.05, 0) is 17.9 Å². The third-order valence-corrected chi connectivity index (χ3v) is 4.11. The van der Waals surface area contributed by atoms with E-state index in [2.05, 4.69) is 39.3 Å². The van der Waals surface area contributed by atoms with Crippen molar-refractivity contribution in [1.82, 2.24) is 14.9 Å². The van der Waals surface area contributed by atoms with E-state index in [-0.39, 0.29) is 0 Å². The van der Waals surface area contributed by atoms with Crippen molar-refractivity contribution in [1.29, 1.82) is 0 Å². The predicted octanol–water partition coefficient (Wildman–Crippen LogP) is 3.16. The molecule has 0 aliphatic heterocycles. The molecule has 2 heterocycles. The molecule has 18 heavy (non-hydrogen) atoms. The Morgan fingerprint density at radius 1 is 1.50 bits per heavy atom. The highest BCUT2D eigenvalue weighted by molar-refractivity contribution is 7.10. The van der Waals surface area contributed by atoms with E-state index in [9.17, 15) is 0 Å². The van der Waals surface area contributed by atoms with Gasteiger partial charge in [0.25, 0.3) is 0 Å². The molecule has 3 nitrogen and oxygen atoms in total. The fourth-order valence-corrected chi connectivity index (χ4v) is 2.96. The van der Waals surface area contributed by atoms with Crippen molar-refractivity contribution in [2.24, 2.45) is 7.05 Å². The lowest BCUT2D eigenvalue weighted by molar-refractivity contribution is 0.499. The van der Waals surface area contributed by atoms with Gasteiger partial charge in [0, 0.05) is 43.3 Å². The summed E-state index contributed by atoms with van der Waals surface area (Å²) in [6.07, 6.45) is 7.24. The minimum Gasteiger partial charge on any atom is -0.338 e. The highest BCUT2D eigenvalue weighted by Gasteiger charge is 2.10. The van der Waals surface area contributed by atoms with Crippen LogP contribution in [0.4, 0.5) is 0 Å². The topological polar surface area (TPSA) is 29.9 Å². The summed E-state index contributed by atoms with van der Waals surface area (Å²) in [6.45, 7) is 3.22. The second kappa shape index (κ2) is 6.71. The summed E-state index contributed by atoms with van der Waals surface area (Å²) >= 11 is 1.84. The lowest BCUT2D eigenvalue weighted by Crippen LogP contribution is -2.23. The van der Waals surface area contributed by atoms with Crippen molar-refractivity contribution in [2.45, 2.75) is 32.2 Å². The van der Waals surface area contributed by atoms with E-state index >= 15 is 0 Å². The lowest BCUT2D eigenvalue weighted by atomic mass is 10.1.